The Bertz CT molecular complexity index is 730. The average molecular weight is 357 g/mol. The van der Waals surface area contributed by atoms with E-state index in [1.807, 2.05) is 31.2 Å². The summed E-state index contributed by atoms with van der Waals surface area (Å²) in [6.45, 7) is 5.76. The summed E-state index contributed by atoms with van der Waals surface area (Å²) in [7, 11) is 0. The summed E-state index contributed by atoms with van der Waals surface area (Å²) in [5, 5.41) is 5.57. The fraction of sp³-hybridized carbons (Fsp3) is 0.350. The molecule has 0 aliphatic carbocycles. The summed E-state index contributed by atoms with van der Waals surface area (Å²) < 4.78 is 19.2. The number of halogens is 1. The molecule has 2 amide bonds. The quantitative estimate of drug-likeness (QED) is 0.863. The van der Waals surface area contributed by atoms with Crippen molar-refractivity contribution in [3.63, 3.8) is 0 Å². The largest absolute Gasteiger partial charge is 0.379 e. The minimum Gasteiger partial charge on any atom is -0.379 e. The molecular weight excluding hydrogens is 333 g/mol. The van der Waals surface area contributed by atoms with Crippen LogP contribution in [0.3, 0.4) is 0 Å². The Morgan fingerprint density at radius 3 is 2.54 bits per heavy atom. The van der Waals surface area contributed by atoms with Crippen molar-refractivity contribution >= 4 is 11.7 Å². The molecule has 1 heterocycles. The first-order chi connectivity index (χ1) is 12.6. The smallest absolute Gasteiger partial charge is 0.319 e. The van der Waals surface area contributed by atoms with E-state index in [1.54, 1.807) is 12.1 Å². The molecule has 2 aromatic carbocycles. The monoisotopic (exact) mass is 357 g/mol. The third kappa shape index (κ3) is 5.03. The fourth-order valence-electron chi connectivity index (χ4n) is 2.95. The molecule has 1 atom stereocenters. The van der Waals surface area contributed by atoms with Gasteiger partial charge in [0.05, 0.1) is 24.9 Å². The number of morpholine rings is 1. The molecule has 0 saturated carbocycles. The molecule has 2 aromatic rings. The molecule has 1 saturated heterocycles. The Morgan fingerprint density at radius 2 is 1.85 bits per heavy atom. The Kier molecular flexibility index (Phi) is 6.20. The van der Waals surface area contributed by atoms with Gasteiger partial charge >= 0.3 is 6.03 Å². The van der Waals surface area contributed by atoms with Gasteiger partial charge in [-0.1, -0.05) is 42.0 Å². The second-order valence-electron chi connectivity index (χ2n) is 6.45. The molecule has 0 bridgehead atoms. The number of urea groups is 1. The summed E-state index contributed by atoms with van der Waals surface area (Å²) in [4.78, 5) is 14.7. The minimum absolute atomic E-state index is 0.166. The Balaban J connectivity index is 1.70. The summed E-state index contributed by atoms with van der Waals surface area (Å²) in [6, 6.07) is 13.6. The lowest BCUT2D eigenvalue weighted by Crippen LogP contribution is -2.44. The maximum absolute atomic E-state index is 13.8. The van der Waals surface area contributed by atoms with Crippen LogP contribution in [-0.4, -0.2) is 43.8 Å². The van der Waals surface area contributed by atoms with E-state index in [9.17, 15) is 9.18 Å². The third-order valence-corrected chi connectivity index (χ3v) is 4.45. The molecule has 1 aliphatic rings. The van der Waals surface area contributed by atoms with Crippen molar-refractivity contribution in [1.82, 2.24) is 10.2 Å². The zero-order valence-corrected chi connectivity index (χ0v) is 14.9. The summed E-state index contributed by atoms with van der Waals surface area (Å²) in [5.41, 5.74) is 2.35. The lowest BCUT2D eigenvalue weighted by Gasteiger charge is -2.31. The lowest BCUT2D eigenvalue weighted by atomic mass is 10.0. The highest BCUT2D eigenvalue weighted by molar-refractivity contribution is 5.89. The van der Waals surface area contributed by atoms with Crippen molar-refractivity contribution in [2.45, 2.75) is 13.0 Å². The molecule has 1 fully saturated rings. The first kappa shape index (κ1) is 18.4. The van der Waals surface area contributed by atoms with Crippen LogP contribution in [0.5, 0.6) is 0 Å². The molecule has 3 rings (SSSR count). The van der Waals surface area contributed by atoms with Gasteiger partial charge in [0, 0.05) is 19.6 Å². The van der Waals surface area contributed by atoms with E-state index in [4.69, 9.17) is 4.74 Å². The van der Waals surface area contributed by atoms with E-state index in [-0.39, 0.29) is 11.7 Å². The zero-order valence-electron chi connectivity index (χ0n) is 14.9. The molecular formula is C20H24FN3O2. The predicted octanol–water partition coefficient (Wildman–Crippen LogP) is 3.33. The fourth-order valence-corrected chi connectivity index (χ4v) is 2.95. The number of hydrogen-bond donors (Lipinski definition) is 2. The van der Waals surface area contributed by atoms with Gasteiger partial charge in [0.1, 0.15) is 5.82 Å². The van der Waals surface area contributed by atoms with Crippen LogP contribution < -0.4 is 10.6 Å². The molecule has 6 heteroatoms. The number of para-hydroxylation sites is 1. The van der Waals surface area contributed by atoms with Crippen LogP contribution in [-0.2, 0) is 4.74 Å². The normalized spacial score (nSPS) is 16.1. The number of amides is 2. The van der Waals surface area contributed by atoms with E-state index in [2.05, 4.69) is 15.5 Å². The molecule has 138 valence electrons. The number of hydrogen-bond acceptors (Lipinski definition) is 3. The highest BCUT2D eigenvalue weighted by Gasteiger charge is 2.20. The van der Waals surface area contributed by atoms with Crippen LogP contribution in [0.4, 0.5) is 14.9 Å². The van der Waals surface area contributed by atoms with Crippen molar-refractivity contribution in [3.8, 4) is 0 Å². The number of ether oxygens (including phenoxy) is 1. The van der Waals surface area contributed by atoms with Crippen LogP contribution in [0.2, 0.25) is 0 Å². The Labute approximate surface area is 153 Å². The van der Waals surface area contributed by atoms with Gasteiger partial charge in [-0.25, -0.2) is 9.18 Å². The molecule has 1 aliphatic heterocycles. The van der Waals surface area contributed by atoms with Gasteiger partial charge in [0.2, 0.25) is 0 Å². The number of anilines is 1. The van der Waals surface area contributed by atoms with Gasteiger partial charge in [-0.2, -0.15) is 0 Å². The number of benzene rings is 2. The Hall–Kier alpha value is -2.44. The van der Waals surface area contributed by atoms with Gasteiger partial charge in [-0.05, 0) is 24.6 Å². The van der Waals surface area contributed by atoms with Crippen LogP contribution in [0, 0.1) is 12.7 Å². The summed E-state index contributed by atoms with van der Waals surface area (Å²) >= 11 is 0. The molecule has 0 radical (unpaired) electrons. The van der Waals surface area contributed by atoms with Gasteiger partial charge in [0.15, 0.2) is 0 Å². The number of carbonyl (C=O) groups excluding carboxylic acids is 1. The van der Waals surface area contributed by atoms with Crippen LogP contribution in [0.25, 0.3) is 0 Å². The van der Waals surface area contributed by atoms with Crippen LogP contribution >= 0.6 is 0 Å². The molecule has 0 aromatic heterocycles. The van der Waals surface area contributed by atoms with Crippen molar-refractivity contribution in [2.75, 3.05) is 38.2 Å². The highest BCUT2D eigenvalue weighted by atomic mass is 19.1. The predicted molar refractivity (Wildman–Crippen MR) is 99.7 cm³/mol. The van der Waals surface area contributed by atoms with Gasteiger partial charge in [0.25, 0.3) is 0 Å². The van der Waals surface area contributed by atoms with Crippen molar-refractivity contribution in [3.05, 3.63) is 65.5 Å². The zero-order chi connectivity index (χ0) is 18.4. The van der Waals surface area contributed by atoms with E-state index < -0.39 is 11.8 Å². The topological polar surface area (TPSA) is 53.6 Å². The first-order valence-corrected chi connectivity index (χ1v) is 8.80. The van der Waals surface area contributed by atoms with Gasteiger partial charge in [-0.3, -0.25) is 4.90 Å². The molecule has 26 heavy (non-hydrogen) atoms. The number of rotatable bonds is 5. The molecule has 5 nitrogen and oxygen atoms in total. The summed E-state index contributed by atoms with van der Waals surface area (Å²) in [5.74, 6) is -0.456. The lowest BCUT2D eigenvalue weighted by molar-refractivity contribution is 0.0340. The van der Waals surface area contributed by atoms with Crippen molar-refractivity contribution in [1.29, 1.82) is 0 Å². The number of carbonyl (C=O) groups is 1. The maximum atomic E-state index is 13.8. The number of nitrogens with one attached hydrogen (secondary N) is 2. The van der Waals surface area contributed by atoms with E-state index >= 15 is 0 Å². The summed E-state index contributed by atoms with van der Waals surface area (Å²) in [6.07, 6.45) is 0. The van der Waals surface area contributed by atoms with Crippen LogP contribution in [0.1, 0.15) is 17.2 Å². The second-order valence-corrected chi connectivity index (χ2v) is 6.45. The molecule has 0 spiro atoms. The van der Waals surface area contributed by atoms with E-state index in [0.717, 1.165) is 24.2 Å². The Morgan fingerprint density at radius 1 is 1.15 bits per heavy atom. The number of aryl methyl sites for hydroxylation is 1. The van der Waals surface area contributed by atoms with Gasteiger partial charge < -0.3 is 15.4 Å². The van der Waals surface area contributed by atoms with E-state index in [1.165, 1.54) is 12.1 Å². The second kappa shape index (κ2) is 8.78. The highest BCUT2D eigenvalue weighted by Crippen LogP contribution is 2.18. The standard InChI is InChI=1S/C20H24FN3O2/c1-15-6-8-16(9-7-15)19(14-24-10-12-26-13-11-24)23-20(25)22-18-5-3-2-4-17(18)21/h2-9,19H,10-14H2,1H3,(H2,22,23,25)/t19-/m1/s1. The maximum Gasteiger partial charge on any atom is 0.319 e. The van der Waals surface area contributed by atoms with Gasteiger partial charge in [-0.15, -0.1) is 0 Å². The minimum atomic E-state index is -0.456. The van der Waals surface area contributed by atoms with Crippen molar-refractivity contribution in [2.24, 2.45) is 0 Å². The first-order valence-electron chi connectivity index (χ1n) is 8.80. The van der Waals surface area contributed by atoms with Crippen LogP contribution in [0.15, 0.2) is 48.5 Å². The SMILES string of the molecule is Cc1ccc([C@@H](CN2CCOCC2)NC(=O)Nc2ccccc2F)cc1. The average Bonchev–Trinajstić information content (AvgIpc) is 2.65. The number of nitrogens with zero attached hydrogens (tertiary/aromatic N) is 1. The van der Waals surface area contributed by atoms with E-state index in [0.29, 0.717) is 19.8 Å². The third-order valence-electron chi connectivity index (χ3n) is 4.45. The van der Waals surface area contributed by atoms with Crippen molar-refractivity contribution < 1.29 is 13.9 Å². The molecule has 0 unspecified atom stereocenters. The molecule has 2 N–H and O–H groups in total.